The van der Waals surface area contributed by atoms with E-state index in [2.05, 4.69) is 5.32 Å². The number of amides is 2. The number of carbonyl (C=O) groups excluding carboxylic acids is 2. The van der Waals surface area contributed by atoms with Crippen molar-refractivity contribution < 1.29 is 9.59 Å². The number of nitrogens with one attached hydrogen (secondary N) is 1. The molecule has 0 radical (unpaired) electrons. The van der Waals surface area contributed by atoms with Crippen molar-refractivity contribution >= 4 is 17.5 Å². The monoisotopic (exact) mass is 279 g/mol. The van der Waals surface area contributed by atoms with Crippen LogP contribution in [0.4, 0.5) is 5.69 Å². The second-order valence-corrected chi connectivity index (χ2v) is 4.48. The van der Waals surface area contributed by atoms with E-state index in [0.717, 1.165) is 5.56 Å². The number of anilines is 1. The van der Waals surface area contributed by atoms with Crippen molar-refractivity contribution in [2.75, 3.05) is 5.32 Å². The van der Waals surface area contributed by atoms with Crippen molar-refractivity contribution in [1.82, 2.24) is 0 Å². The van der Waals surface area contributed by atoms with Gasteiger partial charge in [-0.2, -0.15) is 5.26 Å². The summed E-state index contributed by atoms with van der Waals surface area (Å²) in [5, 5.41) is 11.4. The average molecular weight is 279 g/mol. The SMILES string of the molecule is N#Cc1ccc(CC(=O)Nc2ccc(C(N)=O)cc2)cc1. The van der Waals surface area contributed by atoms with Crippen LogP contribution < -0.4 is 11.1 Å². The zero-order chi connectivity index (χ0) is 15.2. The molecule has 0 aliphatic carbocycles. The van der Waals surface area contributed by atoms with Crippen LogP contribution in [0, 0.1) is 11.3 Å². The van der Waals surface area contributed by atoms with Gasteiger partial charge in [-0.15, -0.1) is 0 Å². The Morgan fingerprint density at radius 3 is 2.19 bits per heavy atom. The van der Waals surface area contributed by atoms with Crippen molar-refractivity contribution in [2.24, 2.45) is 5.73 Å². The highest BCUT2D eigenvalue weighted by Crippen LogP contribution is 2.10. The number of benzene rings is 2. The molecule has 2 amide bonds. The van der Waals surface area contributed by atoms with Crippen LogP contribution in [-0.2, 0) is 11.2 Å². The molecule has 2 aromatic rings. The van der Waals surface area contributed by atoms with Crippen LogP contribution in [-0.4, -0.2) is 11.8 Å². The fourth-order valence-corrected chi connectivity index (χ4v) is 1.81. The van der Waals surface area contributed by atoms with Crippen molar-refractivity contribution in [3.05, 3.63) is 65.2 Å². The van der Waals surface area contributed by atoms with Crippen LogP contribution in [0.2, 0.25) is 0 Å². The average Bonchev–Trinajstić information content (AvgIpc) is 2.48. The summed E-state index contributed by atoms with van der Waals surface area (Å²) in [6.07, 6.45) is 0.212. The normalized spacial score (nSPS) is 9.67. The summed E-state index contributed by atoms with van der Waals surface area (Å²) in [7, 11) is 0. The minimum absolute atomic E-state index is 0.175. The summed E-state index contributed by atoms with van der Waals surface area (Å²) in [5.74, 6) is -0.683. The Morgan fingerprint density at radius 1 is 1.05 bits per heavy atom. The van der Waals surface area contributed by atoms with E-state index >= 15 is 0 Å². The Balaban J connectivity index is 1.97. The van der Waals surface area contributed by atoms with Crippen LogP contribution in [0.1, 0.15) is 21.5 Å². The highest BCUT2D eigenvalue weighted by molar-refractivity contribution is 5.95. The van der Waals surface area contributed by atoms with E-state index in [-0.39, 0.29) is 12.3 Å². The number of rotatable bonds is 4. The molecule has 5 heteroatoms. The predicted molar refractivity (Wildman–Crippen MR) is 78.5 cm³/mol. The number of hydrogen-bond donors (Lipinski definition) is 2. The van der Waals surface area contributed by atoms with Gasteiger partial charge in [0.25, 0.3) is 0 Å². The lowest BCUT2D eigenvalue weighted by molar-refractivity contribution is -0.115. The van der Waals surface area contributed by atoms with E-state index < -0.39 is 5.91 Å². The summed E-state index contributed by atoms with van der Waals surface area (Å²) < 4.78 is 0. The smallest absolute Gasteiger partial charge is 0.248 e. The highest BCUT2D eigenvalue weighted by atomic mass is 16.1. The van der Waals surface area contributed by atoms with Crippen LogP contribution in [0.25, 0.3) is 0 Å². The number of nitrogens with two attached hydrogens (primary N) is 1. The summed E-state index contributed by atoms with van der Waals surface area (Å²) in [4.78, 5) is 22.8. The molecule has 0 saturated heterocycles. The van der Waals surface area contributed by atoms with E-state index in [4.69, 9.17) is 11.0 Å². The van der Waals surface area contributed by atoms with Gasteiger partial charge < -0.3 is 11.1 Å². The molecule has 0 spiro atoms. The second kappa shape index (κ2) is 6.35. The summed E-state index contributed by atoms with van der Waals surface area (Å²) >= 11 is 0. The molecule has 3 N–H and O–H groups in total. The molecule has 0 aliphatic heterocycles. The Bertz CT molecular complexity index is 698. The lowest BCUT2D eigenvalue weighted by Crippen LogP contribution is -2.15. The maximum Gasteiger partial charge on any atom is 0.248 e. The molecule has 0 aromatic heterocycles. The number of hydrogen-bond acceptors (Lipinski definition) is 3. The third kappa shape index (κ3) is 3.91. The first-order chi connectivity index (χ1) is 10.1. The van der Waals surface area contributed by atoms with Gasteiger partial charge in [0.05, 0.1) is 18.1 Å². The van der Waals surface area contributed by atoms with Crippen LogP contribution in [0.15, 0.2) is 48.5 Å². The Morgan fingerprint density at radius 2 is 1.67 bits per heavy atom. The van der Waals surface area contributed by atoms with Gasteiger partial charge in [0, 0.05) is 11.3 Å². The van der Waals surface area contributed by atoms with E-state index in [1.165, 1.54) is 0 Å². The topological polar surface area (TPSA) is 96.0 Å². The van der Waals surface area contributed by atoms with E-state index in [1.54, 1.807) is 48.5 Å². The third-order valence-electron chi connectivity index (χ3n) is 2.90. The molecule has 5 nitrogen and oxygen atoms in total. The number of primary amides is 1. The van der Waals surface area contributed by atoms with E-state index in [0.29, 0.717) is 16.8 Å². The molecule has 104 valence electrons. The van der Waals surface area contributed by atoms with E-state index in [9.17, 15) is 9.59 Å². The minimum atomic E-state index is -0.509. The molecule has 0 saturated carbocycles. The van der Waals surface area contributed by atoms with Gasteiger partial charge in [-0.1, -0.05) is 12.1 Å². The number of nitriles is 1. The maximum absolute atomic E-state index is 11.9. The number of nitrogens with zero attached hydrogens (tertiary/aromatic N) is 1. The molecule has 2 aromatic carbocycles. The summed E-state index contributed by atoms with van der Waals surface area (Å²) in [5.41, 5.74) is 7.50. The Labute approximate surface area is 122 Å². The van der Waals surface area contributed by atoms with Gasteiger partial charge in [0.15, 0.2) is 0 Å². The molecule has 0 unspecified atom stereocenters. The summed E-state index contributed by atoms with van der Waals surface area (Å²) in [6.45, 7) is 0. The lowest BCUT2D eigenvalue weighted by atomic mass is 10.1. The van der Waals surface area contributed by atoms with Crippen LogP contribution in [0.3, 0.4) is 0 Å². The van der Waals surface area contributed by atoms with Gasteiger partial charge in [-0.25, -0.2) is 0 Å². The van der Waals surface area contributed by atoms with Gasteiger partial charge in [0.1, 0.15) is 0 Å². The number of carbonyl (C=O) groups is 2. The molecule has 0 aliphatic rings. The predicted octanol–water partition coefficient (Wildman–Crippen LogP) is 1.84. The molecule has 0 bridgehead atoms. The molecule has 21 heavy (non-hydrogen) atoms. The third-order valence-corrected chi connectivity index (χ3v) is 2.90. The standard InChI is InChI=1S/C16H13N3O2/c17-10-12-3-1-11(2-4-12)9-15(20)19-14-7-5-13(6-8-14)16(18)21/h1-8H,9H2,(H2,18,21)(H,19,20). The molecule has 0 fully saturated rings. The largest absolute Gasteiger partial charge is 0.366 e. The fourth-order valence-electron chi connectivity index (χ4n) is 1.81. The first kappa shape index (κ1) is 14.3. The molecule has 2 rings (SSSR count). The van der Waals surface area contributed by atoms with Gasteiger partial charge in [-0.05, 0) is 42.0 Å². The van der Waals surface area contributed by atoms with Crippen molar-refractivity contribution in [3.8, 4) is 6.07 Å². The zero-order valence-corrected chi connectivity index (χ0v) is 11.2. The molecular formula is C16H13N3O2. The van der Waals surface area contributed by atoms with Crippen LogP contribution in [0.5, 0.6) is 0 Å². The van der Waals surface area contributed by atoms with E-state index in [1.807, 2.05) is 6.07 Å². The van der Waals surface area contributed by atoms with Crippen molar-refractivity contribution in [1.29, 1.82) is 5.26 Å². The Kier molecular flexibility index (Phi) is 4.32. The lowest BCUT2D eigenvalue weighted by Gasteiger charge is -2.06. The van der Waals surface area contributed by atoms with Crippen molar-refractivity contribution in [3.63, 3.8) is 0 Å². The molecule has 0 atom stereocenters. The highest BCUT2D eigenvalue weighted by Gasteiger charge is 2.05. The first-order valence-corrected chi connectivity index (χ1v) is 6.27. The van der Waals surface area contributed by atoms with Gasteiger partial charge in [0.2, 0.25) is 11.8 Å². The van der Waals surface area contributed by atoms with Gasteiger partial charge >= 0.3 is 0 Å². The zero-order valence-electron chi connectivity index (χ0n) is 11.2. The minimum Gasteiger partial charge on any atom is -0.366 e. The van der Waals surface area contributed by atoms with Gasteiger partial charge in [-0.3, -0.25) is 9.59 Å². The van der Waals surface area contributed by atoms with Crippen molar-refractivity contribution in [2.45, 2.75) is 6.42 Å². The first-order valence-electron chi connectivity index (χ1n) is 6.27. The van der Waals surface area contributed by atoms with Crippen LogP contribution >= 0.6 is 0 Å². The second-order valence-electron chi connectivity index (χ2n) is 4.48. The maximum atomic E-state index is 11.9. The fraction of sp³-hybridized carbons (Fsp3) is 0.0625. The molecular weight excluding hydrogens is 266 g/mol. The molecule has 0 heterocycles. The summed E-state index contributed by atoms with van der Waals surface area (Å²) in [6, 6.07) is 15.2. The Hall–Kier alpha value is -3.13. The quantitative estimate of drug-likeness (QED) is 0.893.